The molecule has 0 fully saturated rings. The number of hydrogen-bond acceptors (Lipinski definition) is 3. The fourth-order valence-corrected chi connectivity index (χ4v) is 2.71. The number of carbonyl (C=O) groups excluding carboxylic acids is 2. The first kappa shape index (κ1) is 18.9. The van der Waals surface area contributed by atoms with E-state index in [1.807, 2.05) is 18.2 Å². The van der Waals surface area contributed by atoms with Crippen molar-refractivity contribution in [2.45, 2.75) is 52.4 Å². The van der Waals surface area contributed by atoms with Crippen molar-refractivity contribution in [2.75, 3.05) is 0 Å². The maximum atomic E-state index is 13.6. The van der Waals surface area contributed by atoms with Gasteiger partial charge in [0.25, 0.3) is 5.91 Å². The number of rotatable bonds is 8. The minimum Gasteiger partial charge on any atom is -0.368 e. The van der Waals surface area contributed by atoms with Crippen LogP contribution in [0.15, 0.2) is 24.3 Å². The Bertz CT molecular complexity index is 757. The molecule has 6 nitrogen and oxygen atoms in total. The number of benzene rings is 1. The Labute approximate surface area is 146 Å². The number of aryl methyl sites for hydroxylation is 1. The lowest BCUT2D eigenvalue weighted by Crippen LogP contribution is -2.47. The Balaban J connectivity index is 2.31. The molecule has 2 atom stereocenters. The highest BCUT2D eigenvalue weighted by Gasteiger charge is 2.25. The van der Waals surface area contributed by atoms with Crippen LogP contribution >= 0.6 is 0 Å². The molecule has 2 rings (SSSR count). The number of nitrogens with two attached hydrogens (primary N) is 1. The normalized spacial score (nSPS) is 13.8. The molecule has 25 heavy (non-hydrogen) atoms. The number of halogens is 1. The van der Waals surface area contributed by atoms with Crippen LogP contribution in [0, 0.1) is 5.92 Å². The van der Waals surface area contributed by atoms with E-state index < -0.39 is 24.0 Å². The number of aromatic nitrogens is 2. The summed E-state index contributed by atoms with van der Waals surface area (Å²) in [6, 6.07) is 6.51. The first-order chi connectivity index (χ1) is 11.8. The van der Waals surface area contributed by atoms with Gasteiger partial charge in [-0.3, -0.25) is 14.3 Å². The van der Waals surface area contributed by atoms with Crippen molar-refractivity contribution >= 4 is 22.7 Å². The van der Waals surface area contributed by atoms with E-state index >= 15 is 0 Å². The molecule has 1 heterocycles. The zero-order valence-electron chi connectivity index (χ0n) is 14.8. The van der Waals surface area contributed by atoms with Gasteiger partial charge in [0, 0.05) is 11.9 Å². The Morgan fingerprint density at radius 1 is 1.32 bits per heavy atom. The van der Waals surface area contributed by atoms with E-state index in [1.54, 1.807) is 31.5 Å². The van der Waals surface area contributed by atoms with Crippen molar-refractivity contribution in [3.63, 3.8) is 0 Å². The molecule has 0 unspecified atom stereocenters. The third-order valence-corrected chi connectivity index (χ3v) is 4.23. The predicted molar refractivity (Wildman–Crippen MR) is 94.8 cm³/mol. The summed E-state index contributed by atoms with van der Waals surface area (Å²) >= 11 is 0. The third-order valence-electron chi connectivity index (χ3n) is 4.23. The summed E-state index contributed by atoms with van der Waals surface area (Å²) in [5.74, 6) is -1.18. The topological polar surface area (TPSA) is 90.0 Å². The van der Waals surface area contributed by atoms with Gasteiger partial charge in [-0.05, 0) is 24.8 Å². The average molecular weight is 348 g/mol. The molecule has 136 valence electrons. The van der Waals surface area contributed by atoms with Gasteiger partial charge in [0.05, 0.1) is 5.52 Å². The summed E-state index contributed by atoms with van der Waals surface area (Å²) in [6.45, 7) is 5.78. The molecule has 0 aliphatic rings. The van der Waals surface area contributed by atoms with Crippen LogP contribution in [0.4, 0.5) is 4.39 Å². The Morgan fingerprint density at radius 2 is 2.00 bits per heavy atom. The van der Waals surface area contributed by atoms with E-state index in [9.17, 15) is 14.0 Å². The fourth-order valence-electron chi connectivity index (χ4n) is 2.71. The monoisotopic (exact) mass is 348 g/mol. The summed E-state index contributed by atoms with van der Waals surface area (Å²) < 4.78 is 15.2. The largest absolute Gasteiger partial charge is 0.368 e. The highest BCUT2D eigenvalue weighted by atomic mass is 19.1. The van der Waals surface area contributed by atoms with E-state index in [0.29, 0.717) is 24.8 Å². The zero-order chi connectivity index (χ0) is 18.6. The Hall–Kier alpha value is -2.44. The number of para-hydroxylation sites is 1. The van der Waals surface area contributed by atoms with Gasteiger partial charge in [-0.25, -0.2) is 4.39 Å². The number of fused-ring (bicyclic) bond motifs is 1. The van der Waals surface area contributed by atoms with Crippen LogP contribution in [0.3, 0.4) is 0 Å². The van der Waals surface area contributed by atoms with Crippen molar-refractivity contribution < 1.29 is 14.0 Å². The number of primary amides is 1. The Morgan fingerprint density at radius 3 is 2.60 bits per heavy atom. The molecular formula is C18H25FN4O2. The van der Waals surface area contributed by atoms with Crippen LogP contribution in [0.5, 0.6) is 0 Å². The lowest BCUT2D eigenvalue weighted by molar-refractivity contribution is -0.120. The highest BCUT2D eigenvalue weighted by molar-refractivity contribution is 6.06. The molecular weight excluding hydrogens is 323 g/mol. The van der Waals surface area contributed by atoms with Gasteiger partial charge in [0.1, 0.15) is 12.2 Å². The second-order valence-electron chi connectivity index (χ2n) is 6.48. The summed E-state index contributed by atoms with van der Waals surface area (Å²) in [4.78, 5) is 24.1. The van der Waals surface area contributed by atoms with E-state index in [2.05, 4.69) is 10.4 Å². The van der Waals surface area contributed by atoms with Gasteiger partial charge in [-0.15, -0.1) is 0 Å². The van der Waals surface area contributed by atoms with Crippen LogP contribution in [0.1, 0.15) is 44.1 Å². The van der Waals surface area contributed by atoms with E-state index in [0.717, 1.165) is 5.52 Å². The summed E-state index contributed by atoms with van der Waals surface area (Å²) in [5.41, 5.74) is 6.33. The quantitative estimate of drug-likeness (QED) is 0.767. The Kier molecular flexibility index (Phi) is 6.12. The summed E-state index contributed by atoms with van der Waals surface area (Å²) in [7, 11) is 0. The number of nitrogens with zero attached hydrogens (tertiary/aromatic N) is 2. The molecule has 0 saturated carbocycles. The first-order valence-corrected chi connectivity index (χ1v) is 8.54. The van der Waals surface area contributed by atoms with Crippen LogP contribution < -0.4 is 11.1 Å². The van der Waals surface area contributed by atoms with Crippen molar-refractivity contribution in [1.82, 2.24) is 15.1 Å². The molecule has 0 bridgehead atoms. The van der Waals surface area contributed by atoms with Crippen LogP contribution in [-0.4, -0.2) is 33.8 Å². The third kappa shape index (κ3) is 4.35. The minimum absolute atomic E-state index is 0.133. The molecule has 0 aliphatic carbocycles. The maximum Gasteiger partial charge on any atom is 0.273 e. The maximum absolute atomic E-state index is 13.6. The molecule has 1 aromatic carbocycles. The van der Waals surface area contributed by atoms with Gasteiger partial charge in [-0.1, -0.05) is 39.0 Å². The molecule has 0 spiro atoms. The van der Waals surface area contributed by atoms with Gasteiger partial charge in [0.2, 0.25) is 5.91 Å². The van der Waals surface area contributed by atoms with Crippen LogP contribution in [-0.2, 0) is 11.3 Å². The van der Waals surface area contributed by atoms with E-state index in [4.69, 9.17) is 5.73 Å². The smallest absolute Gasteiger partial charge is 0.273 e. The fraction of sp³-hybridized carbons (Fsp3) is 0.500. The molecule has 1 aromatic heterocycles. The van der Waals surface area contributed by atoms with E-state index in [-0.39, 0.29) is 11.6 Å². The first-order valence-electron chi connectivity index (χ1n) is 8.54. The van der Waals surface area contributed by atoms with Crippen molar-refractivity contribution in [3.8, 4) is 0 Å². The number of nitrogens with one attached hydrogen (secondary N) is 1. The average Bonchev–Trinajstić information content (AvgIpc) is 2.95. The highest BCUT2D eigenvalue weighted by Crippen LogP contribution is 2.20. The number of alkyl halides is 1. The van der Waals surface area contributed by atoms with Gasteiger partial charge >= 0.3 is 0 Å². The lowest BCUT2D eigenvalue weighted by atomic mass is 10.0. The molecule has 2 aromatic rings. The molecule has 7 heteroatoms. The van der Waals surface area contributed by atoms with Crippen LogP contribution in [0.2, 0.25) is 0 Å². The van der Waals surface area contributed by atoms with Crippen molar-refractivity contribution in [2.24, 2.45) is 11.7 Å². The van der Waals surface area contributed by atoms with Gasteiger partial charge in [0.15, 0.2) is 5.69 Å². The molecule has 3 N–H and O–H groups in total. The molecule has 0 saturated heterocycles. The molecule has 0 aliphatic heterocycles. The summed E-state index contributed by atoms with van der Waals surface area (Å²) in [6.07, 6.45) is -0.124. The number of hydrogen-bond donors (Lipinski definition) is 2. The second-order valence-corrected chi connectivity index (χ2v) is 6.48. The lowest BCUT2D eigenvalue weighted by Gasteiger charge is -2.18. The summed E-state index contributed by atoms with van der Waals surface area (Å²) in [5, 5.41) is 7.67. The number of amides is 2. The second kappa shape index (κ2) is 8.09. The molecule has 0 radical (unpaired) electrons. The number of carbonyl (C=O) groups is 2. The molecule has 2 amide bonds. The predicted octanol–water partition coefficient (Wildman–Crippen LogP) is 2.41. The van der Waals surface area contributed by atoms with Crippen molar-refractivity contribution in [3.05, 3.63) is 30.0 Å². The standard InChI is InChI=1S/C18H25FN4O2/c1-4-12(19)9-10-23-14-8-6-5-7-13(14)16(22-23)18(25)21-15(11(2)3)17(20)24/h5-8,11-12,15H,4,9-10H2,1-3H3,(H2,20,24)(H,21,25)/t12-,15-/m0/s1. The van der Waals surface area contributed by atoms with Crippen molar-refractivity contribution in [1.29, 1.82) is 0 Å². The van der Waals surface area contributed by atoms with Crippen LogP contribution in [0.25, 0.3) is 10.9 Å². The van der Waals surface area contributed by atoms with Gasteiger partial charge < -0.3 is 11.1 Å². The van der Waals surface area contributed by atoms with E-state index in [1.165, 1.54) is 0 Å². The SMILES string of the molecule is CC[C@H](F)CCn1nc(C(=O)N[C@H](C(N)=O)C(C)C)c2ccccc21. The zero-order valence-corrected chi connectivity index (χ0v) is 14.8. The minimum atomic E-state index is -0.902. The van der Waals surface area contributed by atoms with Gasteiger partial charge in [-0.2, -0.15) is 5.10 Å².